The summed E-state index contributed by atoms with van der Waals surface area (Å²) in [6.45, 7) is 1.98. The zero-order chi connectivity index (χ0) is 11.0. The highest BCUT2D eigenvalue weighted by Gasteiger charge is 2.13. The monoisotopic (exact) mass is 205 g/mol. The third-order valence-corrected chi connectivity index (χ3v) is 1.36. The average molecular weight is 205 g/mol. The molecule has 0 spiro atoms. The van der Waals surface area contributed by atoms with Crippen molar-refractivity contribution < 1.29 is 24.5 Å². The number of carboxylic acid groups (broad SMARTS) is 1. The molecule has 1 atom stereocenters. The Morgan fingerprint density at radius 1 is 1.50 bits per heavy atom. The SMILES string of the molecule is CCCOCC(=O)NCC(O)C(=O)O. The molecule has 0 saturated heterocycles. The quantitative estimate of drug-likeness (QED) is 0.462. The maximum atomic E-state index is 10.9. The van der Waals surface area contributed by atoms with E-state index >= 15 is 0 Å². The topological polar surface area (TPSA) is 95.9 Å². The third-order valence-electron chi connectivity index (χ3n) is 1.36. The lowest BCUT2D eigenvalue weighted by Crippen LogP contribution is -2.38. The predicted octanol–water partition coefficient (Wildman–Crippen LogP) is -1.03. The van der Waals surface area contributed by atoms with Crippen LogP contribution in [0.4, 0.5) is 0 Å². The van der Waals surface area contributed by atoms with Gasteiger partial charge in [-0.05, 0) is 6.42 Å². The van der Waals surface area contributed by atoms with Crippen LogP contribution in [0.15, 0.2) is 0 Å². The van der Waals surface area contributed by atoms with E-state index in [1.807, 2.05) is 6.92 Å². The van der Waals surface area contributed by atoms with Crippen LogP contribution in [-0.2, 0) is 14.3 Å². The Morgan fingerprint density at radius 2 is 2.14 bits per heavy atom. The van der Waals surface area contributed by atoms with Gasteiger partial charge in [0.1, 0.15) is 6.61 Å². The molecule has 1 amide bonds. The first kappa shape index (κ1) is 12.9. The number of carbonyl (C=O) groups is 2. The summed E-state index contributed by atoms with van der Waals surface area (Å²) in [5, 5.41) is 19.3. The van der Waals surface area contributed by atoms with Gasteiger partial charge in [-0.15, -0.1) is 0 Å². The number of aliphatic hydroxyl groups excluding tert-OH is 1. The van der Waals surface area contributed by atoms with E-state index in [0.717, 1.165) is 6.42 Å². The van der Waals surface area contributed by atoms with Gasteiger partial charge in [0, 0.05) is 6.61 Å². The summed E-state index contributed by atoms with van der Waals surface area (Å²) in [5.74, 6) is -1.79. The second-order valence-electron chi connectivity index (χ2n) is 2.71. The first-order valence-electron chi connectivity index (χ1n) is 4.33. The third kappa shape index (κ3) is 6.38. The molecule has 0 aliphatic heterocycles. The molecule has 3 N–H and O–H groups in total. The summed E-state index contributed by atoms with van der Waals surface area (Å²) in [6, 6.07) is 0. The van der Waals surface area contributed by atoms with Gasteiger partial charge in [-0.2, -0.15) is 0 Å². The average Bonchev–Trinajstić information content (AvgIpc) is 2.14. The van der Waals surface area contributed by atoms with Gasteiger partial charge in [0.25, 0.3) is 0 Å². The molecule has 0 fully saturated rings. The van der Waals surface area contributed by atoms with Gasteiger partial charge >= 0.3 is 5.97 Å². The Bertz CT molecular complexity index is 194. The van der Waals surface area contributed by atoms with Gasteiger partial charge in [-0.3, -0.25) is 4.79 Å². The van der Waals surface area contributed by atoms with Gasteiger partial charge in [-0.25, -0.2) is 4.79 Å². The molecule has 0 heterocycles. The molecular weight excluding hydrogens is 190 g/mol. The lowest BCUT2D eigenvalue weighted by molar-refractivity contribution is -0.146. The second-order valence-corrected chi connectivity index (χ2v) is 2.71. The minimum atomic E-state index is -1.56. The molecule has 82 valence electrons. The molecule has 6 nitrogen and oxygen atoms in total. The highest BCUT2D eigenvalue weighted by atomic mass is 16.5. The second kappa shape index (κ2) is 7.28. The Balaban J connectivity index is 3.48. The summed E-state index contributed by atoms with van der Waals surface area (Å²) in [5.41, 5.74) is 0. The van der Waals surface area contributed by atoms with E-state index in [1.165, 1.54) is 0 Å². The van der Waals surface area contributed by atoms with Crippen LogP contribution in [0.2, 0.25) is 0 Å². The van der Waals surface area contributed by atoms with E-state index in [2.05, 4.69) is 5.32 Å². The van der Waals surface area contributed by atoms with Gasteiger partial charge in [0.15, 0.2) is 6.10 Å². The van der Waals surface area contributed by atoms with Crippen LogP contribution in [0.3, 0.4) is 0 Å². The molecule has 6 heteroatoms. The maximum absolute atomic E-state index is 10.9. The van der Waals surface area contributed by atoms with Crippen LogP contribution in [0.5, 0.6) is 0 Å². The molecule has 14 heavy (non-hydrogen) atoms. The van der Waals surface area contributed by atoms with Crippen molar-refractivity contribution in [3.8, 4) is 0 Å². The highest BCUT2D eigenvalue weighted by molar-refractivity contribution is 5.78. The number of aliphatic hydroxyl groups is 1. The molecule has 1 unspecified atom stereocenters. The van der Waals surface area contributed by atoms with Crippen molar-refractivity contribution in [1.82, 2.24) is 5.32 Å². The Hall–Kier alpha value is -1.14. The van der Waals surface area contributed by atoms with Crippen LogP contribution in [-0.4, -0.2) is 48.0 Å². The number of carboxylic acids is 1. The van der Waals surface area contributed by atoms with Crippen LogP contribution in [0.25, 0.3) is 0 Å². The molecule has 0 radical (unpaired) electrons. The van der Waals surface area contributed by atoms with Crippen molar-refractivity contribution in [2.45, 2.75) is 19.4 Å². The number of nitrogens with one attached hydrogen (secondary N) is 1. The van der Waals surface area contributed by atoms with Crippen molar-refractivity contribution in [3.05, 3.63) is 0 Å². The first-order valence-corrected chi connectivity index (χ1v) is 4.33. The summed E-state index contributed by atoms with van der Waals surface area (Å²) in [4.78, 5) is 21.0. The predicted molar refractivity (Wildman–Crippen MR) is 47.8 cm³/mol. The molecule has 0 aliphatic carbocycles. The summed E-state index contributed by atoms with van der Waals surface area (Å²) < 4.78 is 4.90. The fourth-order valence-corrected chi connectivity index (χ4v) is 0.658. The van der Waals surface area contributed by atoms with Crippen molar-refractivity contribution >= 4 is 11.9 Å². The Morgan fingerprint density at radius 3 is 2.64 bits per heavy atom. The minimum absolute atomic E-state index is 0.111. The van der Waals surface area contributed by atoms with E-state index in [1.54, 1.807) is 0 Å². The number of hydrogen-bond acceptors (Lipinski definition) is 4. The van der Waals surface area contributed by atoms with Crippen molar-refractivity contribution in [3.63, 3.8) is 0 Å². The molecule has 0 aromatic carbocycles. The maximum Gasteiger partial charge on any atom is 0.334 e. The van der Waals surface area contributed by atoms with Crippen LogP contribution in [0.1, 0.15) is 13.3 Å². The van der Waals surface area contributed by atoms with Crippen molar-refractivity contribution in [1.29, 1.82) is 0 Å². The minimum Gasteiger partial charge on any atom is -0.479 e. The molecule has 0 saturated carbocycles. The molecule has 0 bridgehead atoms. The fraction of sp³-hybridized carbons (Fsp3) is 0.750. The Labute approximate surface area is 81.9 Å². The lowest BCUT2D eigenvalue weighted by atomic mass is 10.3. The van der Waals surface area contributed by atoms with E-state index in [-0.39, 0.29) is 13.2 Å². The molecule has 0 aromatic heterocycles. The number of ether oxygens (including phenoxy) is 1. The van der Waals surface area contributed by atoms with Gasteiger partial charge < -0.3 is 20.3 Å². The van der Waals surface area contributed by atoms with E-state index in [0.29, 0.717) is 6.61 Å². The number of hydrogen-bond donors (Lipinski definition) is 3. The van der Waals surface area contributed by atoms with E-state index < -0.39 is 18.0 Å². The molecule has 0 rings (SSSR count). The van der Waals surface area contributed by atoms with Gasteiger partial charge in [0.2, 0.25) is 5.91 Å². The van der Waals surface area contributed by atoms with Gasteiger partial charge in [0.05, 0.1) is 6.54 Å². The lowest BCUT2D eigenvalue weighted by Gasteiger charge is -2.07. The fourth-order valence-electron chi connectivity index (χ4n) is 0.658. The van der Waals surface area contributed by atoms with Crippen LogP contribution < -0.4 is 5.32 Å². The zero-order valence-corrected chi connectivity index (χ0v) is 8.02. The molecular formula is C8H15NO5. The zero-order valence-electron chi connectivity index (χ0n) is 8.02. The largest absolute Gasteiger partial charge is 0.479 e. The number of carbonyl (C=O) groups excluding carboxylic acids is 1. The van der Waals surface area contributed by atoms with Crippen molar-refractivity contribution in [2.24, 2.45) is 0 Å². The summed E-state index contributed by atoms with van der Waals surface area (Å²) in [7, 11) is 0. The van der Waals surface area contributed by atoms with Gasteiger partial charge in [-0.1, -0.05) is 6.92 Å². The standard InChI is InChI=1S/C8H15NO5/c1-2-3-14-5-7(11)9-4-6(10)8(12)13/h6,10H,2-5H2,1H3,(H,9,11)(H,12,13). The number of amides is 1. The van der Waals surface area contributed by atoms with Crippen molar-refractivity contribution in [2.75, 3.05) is 19.8 Å². The van der Waals surface area contributed by atoms with Crippen LogP contribution in [0, 0.1) is 0 Å². The van der Waals surface area contributed by atoms with Crippen LogP contribution >= 0.6 is 0 Å². The Kier molecular flexibility index (Phi) is 6.69. The smallest absolute Gasteiger partial charge is 0.334 e. The highest BCUT2D eigenvalue weighted by Crippen LogP contribution is 1.82. The molecule has 0 aromatic rings. The number of rotatable bonds is 7. The molecule has 0 aliphatic rings. The first-order chi connectivity index (χ1) is 6.57. The van der Waals surface area contributed by atoms with E-state index in [4.69, 9.17) is 14.9 Å². The number of aliphatic carboxylic acids is 1. The normalized spacial score (nSPS) is 12.1. The van der Waals surface area contributed by atoms with E-state index in [9.17, 15) is 9.59 Å². The summed E-state index contributed by atoms with van der Waals surface area (Å²) >= 11 is 0. The summed E-state index contributed by atoms with van der Waals surface area (Å²) in [6.07, 6.45) is -0.754.